The molecule has 1 N–H and O–H groups in total. The predicted molar refractivity (Wildman–Crippen MR) is 86.4 cm³/mol. The first-order chi connectivity index (χ1) is 12.0. The first-order valence-corrected chi connectivity index (χ1v) is 7.14. The summed E-state index contributed by atoms with van der Waals surface area (Å²) < 4.78 is 14.1. The summed E-state index contributed by atoms with van der Waals surface area (Å²) in [5, 5.41) is 2.37. The molecule has 0 bridgehead atoms. The molecule has 0 fully saturated rings. The molecule has 0 aliphatic rings. The fraction of sp³-hybridized carbons (Fsp3) is 0.176. The normalized spacial score (nSPS) is 10.0. The molecule has 130 valence electrons. The Bertz CT molecular complexity index is 855. The standard InChI is InChI=1S/C17H15NO7/c1-23-14(19)9-13-11(16(21)24-2)8-12(17(22)25-13)18-15(20)10-6-4-3-5-7-10/h3-8H,9H2,1-2H3,(H,18,20). The molecule has 2 rings (SSSR count). The molecule has 0 spiro atoms. The summed E-state index contributed by atoms with van der Waals surface area (Å²) in [5.41, 5.74) is -0.991. The highest BCUT2D eigenvalue weighted by Gasteiger charge is 2.21. The Balaban J connectivity index is 2.39. The second-order valence-electron chi connectivity index (χ2n) is 4.85. The Morgan fingerprint density at radius 3 is 2.36 bits per heavy atom. The largest absolute Gasteiger partial charge is 0.469 e. The highest BCUT2D eigenvalue weighted by molar-refractivity contribution is 6.04. The maximum Gasteiger partial charge on any atom is 0.359 e. The molecule has 1 aromatic carbocycles. The van der Waals surface area contributed by atoms with Gasteiger partial charge in [-0.2, -0.15) is 0 Å². The molecule has 0 saturated heterocycles. The van der Waals surface area contributed by atoms with E-state index in [2.05, 4.69) is 14.8 Å². The van der Waals surface area contributed by atoms with Crippen molar-refractivity contribution in [3.63, 3.8) is 0 Å². The number of hydrogen-bond acceptors (Lipinski definition) is 7. The van der Waals surface area contributed by atoms with Crippen molar-refractivity contribution in [1.29, 1.82) is 0 Å². The lowest BCUT2D eigenvalue weighted by Gasteiger charge is -2.09. The fourth-order valence-electron chi connectivity index (χ4n) is 1.99. The molecule has 0 saturated carbocycles. The summed E-state index contributed by atoms with van der Waals surface area (Å²) in [7, 11) is 2.30. The van der Waals surface area contributed by atoms with Gasteiger partial charge < -0.3 is 19.2 Å². The lowest BCUT2D eigenvalue weighted by molar-refractivity contribution is -0.140. The van der Waals surface area contributed by atoms with Crippen molar-refractivity contribution in [1.82, 2.24) is 0 Å². The molecule has 1 amide bonds. The summed E-state index contributed by atoms with van der Waals surface area (Å²) in [6, 6.07) is 9.29. The van der Waals surface area contributed by atoms with E-state index in [0.717, 1.165) is 20.3 Å². The van der Waals surface area contributed by atoms with Gasteiger partial charge in [-0.1, -0.05) is 18.2 Å². The molecule has 0 radical (unpaired) electrons. The second kappa shape index (κ2) is 7.91. The van der Waals surface area contributed by atoms with E-state index in [0.29, 0.717) is 5.56 Å². The third-order valence-corrected chi connectivity index (χ3v) is 3.25. The molecule has 1 aromatic heterocycles. The highest BCUT2D eigenvalue weighted by Crippen LogP contribution is 2.15. The molecule has 0 aliphatic heterocycles. The maximum atomic E-state index is 12.1. The number of carbonyl (C=O) groups is 3. The van der Waals surface area contributed by atoms with Gasteiger partial charge in [-0.05, 0) is 18.2 Å². The van der Waals surface area contributed by atoms with Crippen LogP contribution in [0.3, 0.4) is 0 Å². The average Bonchev–Trinajstić information content (AvgIpc) is 2.63. The van der Waals surface area contributed by atoms with Gasteiger partial charge in [0.1, 0.15) is 23.4 Å². The zero-order valence-electron chi connectivity index (χ0n) is 13.5. The van der Waals surface area contributed by atoms with Gasteiger partial charge in [0.05, 0.1) is 14.2 Å². The van der Waals surface area contributed by atoms with E-state index >= 15 is 0 Å². The number of anilines is 1. The topological polar surface area (TPSA) is 112 Å². The highest BCUT2D eigenvalue weighted by atomic mass is 16.5. The second-order valence-corrected chi connectivity index (χ2v) is 4.85. The minimum atomic E-state index is -0.907. The predicted octanol–water partition coefficient (Wildman–Crippen LogP) is 1.39. The third kappa shape index (κ3) is 4.31. The van der Waals surface area contributed by atoms with Gasteiger partial charge in [0, 0.05) is 5.56 Å². The molecule has 2 aromatic rings. The van der Waals surface area contributed by atoms with Crippen molar-refractivity contribution < 1.29 is 28.3 Å². The van der Waals surface area contributed by atoms with Gasteiger partial charge in [0.25, 0.3) is 5.91 Å². The third-order valence-electron chi connectivity index (χ3n) is 3.25. The van der Waals surface area contributed by atoms with Crippen LogP contribution in [0.15, 0.2) is 45.6 Å². The van der Waals surface area contributed by atoms with Gasteiger partial charge in [-0.15, -0.1) is 0 Å². The van der Waals surface area contributed by atoms with Crippen LogP contribution in [0.1, 0.15) is 26.5 Å². The lowest BCUT2D eigenvalue weighted by Crippen LogP contribution is -2.21. The summed E-state index contributed by atoms with van der Waals surface area (Å²) >= 11 is 0. The average molecular weight is 345 g/mol. The number of benzene rings is 1. The molecule has 8 nitrogen and oxygen atoms in total. The first kappa shape index (κ1) is 17.9. The number of methoxy groups -OCH3 is 2. The number of ether oxygens (including phenoxy) is 2. The number of esters is 2. The Hall–Kier alpha value is -3.42. The Morgan fingerprint density at radius 2 is 1.76 bits per heavy atom. The van der Waals surface area contributed by atoms with Gasteiger partial charge in [-0.25, -0.2) is 9.59 Å². The number of hydrogen-bond donors (Lipinski definition) is 1. The van der Waals surface area contributed by atoms with Gasteiger partial charge >= 0.3 is 17.6 Å². The minimum absolute atomic E-state index is 0.157. The molecule has 25 heavy (non-hydrogen) atoms. The molecule has 0 atom stereocenters. The minimum Gasteiger partial charge on any atom is -0.469 e. The fourth-order valence-corrected chi connectivity index (χ4v) is 1.99. The van der Waals surface area contributed by atoms with Crippen molar-refractivity contribution in [3.05, 3.63) is 63.7 Å². The van der Waals surface area contributed by atoms with E-state index in [9.17, 15) is 19.2 Å². The molecule has 0 aliphatic carbocycles. The van der Waals surface area contributed by atoms with Crippen LogP contribution in [0.2, 0.25) is 0 Å². The van der Waals surface area contributed by atoms with Gasteiger partial charge in [0.15, 0.2) is 0 Å². The zero-order valence-corrected chi connectivity index (χ0v) is 13.5. The van der Waals surface area contributed by atoms with E-state index in [1.807, 2.05) is 0 Å². The monoisotopic (exact) mass is 345 g/mol. The van der Waals surface area contributed by atoms with Crippen LogP contribution in [-0.2, 0) is 20.7 Å². The van der Waals surface area contributed by atoms with Crippen LogP contribution >= 0.6 is 0 Å². The molecule has 1 heterocycles. The summed E-state index contributed by atoms with van der Waals surface area (Å²) in [4.78, 5) is 47.5. The summed E-state index contributed by atoms with van der Waals surface area (Å²) in [6.45, 7) is 0. The first-order valence-electron chi connectivity index (χ1n) is 7.14. The van der Waals surface area contributed by atoms with E-state index < -0.39 is 29.9 Å². The van der Waals surface area contributed by atoms with Crippen molar-refractivity contribution in [2.75, 3.05) is 19.5 Å². The van der Waals surface area contributed by atoms with Crippen LogP contribution in [0.5, 0.6) is 0 Å². The Morgan fingerprint density at radius 1 is 1.08 bits per heavy atom. The van der Waals surface area contributed by atoms with Crippen LogP contribution in [0.4, 0.5) is 5.69 Å². The molecular weight excluding hydrogens is 330 g/mol. The van der Waals surface area contributed by atoms with Crippen LogP contribution in [0, 0.1) is 0 Å². The molecular formula is C17H15NO7. The maximum absolute atomic E-state index is 12.1. The van der Waals surface area contributed by atoms with Crippen molar-refractivity contribution in [2.24, 2.45) is 0 Å². The Labute approximate surface area is 142 Å². The lowest BCUT2D eigenvalue weighted by atomic mass is 10.1. The number of amides is 1. The smallest absolute Gasteiger partial charge is 0.359 e. The van der Waals surface area contributed by atoms with Crippen LogP contribution in [-0.4, -0.2) is 32.1 Å². The zero-order chi connectivity index (χ0) is 18.4. The summed E-state index contributed by atoms with van der Waals surface area (Å²) in [5.74, 6) is -2.28. The van der Waals surface area contributed by atoms with Crippen molar-refractivity contribution in [3.8, 4) is 0 Å². The number of rotatable bonds is 5. The number of nitrogens with one attached hydrogen (secondary N) is 1. The quantitative estimate of drug-likeness (QED) is 0.815. The Kier molecular flexibility index (Phi) is 5.67. The van der Waals surface area contributed by atoms with Gasteiger partial charge in [0.2, 0.25) is 0 Å². The van der Waals surface area contributed by atoms with Gasteiger partial charge in [-0.3, -0.25) is 9.59 Å². The van der Waals surface area contributed by atoms with Crippen molar-refractivity contribution >= 4 is 23.5 Å². The van der Waals surface area contributed by atoms with Crippen molar-refractivity contribution in [2.45, 2.75) is 6.42 Å². The van der Waals surface area contributed by atoms with Crippen LogP contribution in [0.25, 0.3) is 0 Å². The molecule has 8 heteroatoms. The molecule has 0 unspecified atom stereocenters. The van der Waals surface area contributed by atoms with Crippen LogP contribution < -0.4 is 10.9 Å². The van der Waals surface area contributed by atoms with E-state index in [1.165, 1.54) is 0 Å². The summed E-state index contributed by atoms with van der Waals surface area (Å²) in [6.07, 6.45) is -0.427. The van der Waals surface area contributed by atoms with E-state index in [4.69, 9.17) is 4.42 Å². The van der Waals surface area contributed by atoms with E-state index in [1.54, 1.807) is 30.3 Å². The number of carbonyl (C=O) groups excluding carboxylic acids is 3. The van der Waals surface area contributed by atoms with E-state index in [-0.39, 0.29) is 17.0 Å². The SMILES string of the molecule is COC(=O)Cc1oc(=O)c(NC(=O)c2ccccc2)cc1C(=O)OC.